The second-order valence-corrected chi connectivity index (χ2v) is 10.5. The van der Waals surface area contributed by atoms with Gasteiger partial charge in [0.25, 0.3) is 0 Å². The van der Waals surface area contributed by atoms with E-state index in [4.69, 9.17) is 4.74 Å². The minimum atomic E-state index is -3.19. The monoisotopic (exact) mass is 428 g/mol. The Morgan fingerprint density at radius 2 is 1.63 bits per heavy atom. The molecule has 0 spiro atoms. The molecule has 2 aromatic rings. The number of carbonyl (C=O) groups excluding carboxylic acids is 1. The number of piperazine rings is 1. The first kappa shape index (κ1) is 20.9. The third kappa shape index (κ3) is 4.23. The van der Waals surface area contributed by atoms with Crippen LogP contribution >= 0.6 is 0 Å². The highest BCUT2D eigenvalue weighted by Crippen LogP contribution is 2.32. The van der Waals surface area contributed by atoms with Gasteiger partial charge in [-0.1, -0.05) is 18.2 Å². The zero-order valence-electron chi connectivity index (χ0n) is 17.7. The van der Waals surface area contributed by atoms with Crippen LogP contribution in [0.25, 0.3) is 0 Å². The number of benzene rings is 2. The van der Waals surface area contributed by atoms with Crippen LogP contribution in [-0.4, -0.2) is 63.0 Å². The van der Waals surface area contributed by atoms with Crippen LogP contribution in [-0.2, 0) is 21.1 Å². The molecule has 2 heterocycles. The molecule has 1 amide bonds. The van der Waals surface area contributed by atoms with Gasteiger partial charge in [-0.05, 0) is 61.2 Å². The second-order valence-electron chi connectivity index (χ2n) is 8.39. The normalized spacial score (nSPS) is 23.4. The summed E-state index contributed by atoms with van der Waals surface area (Å²) in [6.45, 7) is 4.87. The van der Waals surface area contributed by atoms with Crippen LogP contribution in [0.2, 0.25) is 0 Å². The summed E-state index contributed by atoms with van der Waals surface area (Å²) >= 11 is 0. The van der Waals surface area contributed by atoms with E-state index in [1.165, 1.54) is 0 Å². The lowest BCUT2D eigenvalue weighted by molar-refractivity contribution is -0.123. The number of nitrogens with zero attached hydrogens (tertiary/aromatic N) is 2. The lowest BCUT2D eigenvalue weighted by Gasteiger charge is -2.43. The summed E-state index contributed by atoms with van der Waals surface area (Å²) < 4.78 is 30.3. The van der Waals surface area contributed by atoms with Crippen molar-refractivity contribution >= 4 is 21.4 Å². The van der Waals surface area contributed by atoms with Crippen LogP contribution in [0.5, 0.6) is 5.75 Å². The van der Waals surface area contributed by atoms with Crippen LogP contribution in [0.15, 0.2) is 42.5 Å². The summed E-state index contributed by atoms with van der Waals surface area (Å²) in [5, 5.41) is 0. The second kappa shape index (κ2) is 8.04. The summed E-state index contributed by atoms with van der Waals surface area (Å²) in [5.74, 6) is 0.899. The van der Waals surface area contributed by atoms with E-state index in [2.05, 4.69) is 11.0 Å². The fraction of sp³-hybridized carbons (Fsp3) is 0.435. The van der Waals surface area contributed by atoms with Crippen molar-refractivity contribution in [2.75, 3.05) is 36.6 Å². The summed E-state index contributed by atoms with van der Waals surface area (Å²) in [6, 6.07) is 13.3. The van der Waals surface area contributed by atoms with E-state index >= 15 is 0 Å². The Labute approximate surface area is 178 Å². The zero-order chi connectivity index (χ0) is 21.5. The van der Waals surface area contributed by atoms with E-state index in [9.17, 15) is 13.2 Å². The molecule has 2 aromatic carbocycles. The van der Waals surface area contributed by atoms with Crippen LogP contribution in [0.1, 0.15) is 16.7 Å². The Balaban J connectivity index is 1.57. The molecular weight excluding hydrogens is 400 g/mol. The highest BCUT2D eigenvalue weighted by atomic mass is 32.2. The average Bonchev–Trinajstić information content (AvgIpc) is 3.00. The van der Waals surface area contributed by atoms with Crippen molar-refractivity contribution in [3.8, 4) is 5.75 Å². The molecule has 4 rings (SSSR count). The summed E-state index contributed by atoms with van der Waals surface area (Å²) in [4.78, 5) is 16.9. The van der Waals surface area contributed by atoms with Crippen molar-refractivity contribution in [1.29, 1.82) is 0 Å². The number of amides is 1. The number of hydrogen-bond acceptors (Lipinski definition) is 5. The highest BCUT2D eigenvalue weighted by Gasteiger charge is 2.49. The van der Waals surface area contributed by atoms with Crippen LogP contribution < -0.4 is 9.64 Å². The SMILES string of the molecule is COc1ccc(CCN2CC(=O)N(c3cc(C)cc(C)c3)[C@@H]3CS(=O)(=O)C[C@@H]32)cc1. The first-order valence-electron chi connectivity index (χ1n) is 10.2. The van der Waals surface area contributed by atoms with E-state index in [0.29, 0.717) is 6.54 Å². The molecule has 2 fully saturated rings. The molecule has 0 aliphatic carbocycles. The molecule has 0 bridgehead atoms. The van der Waals surface area contributed by atoms with Crippen molar-refractivity contribution in [3.63, 3.8) is 0 Å². The summed E-state index contributed by atoms with van der Waals surface area (Å²) in [5.41, 5.74) is 4.08. The maximum Gasteiger partial charge on any atom is 0.241 e. The first-order valence-corrected chi connectivity index (χ1v) is 12.1. The average molecular weight is 429 g/mol. The molecule has 7 heteroatoms. The van der Waals surface area contributed by atoms with Crippen molar-refractivity contribution in [1.82, 2.24) is 4.90 Å². The van der Waals surface area contributed by atoms with E-state index in [1.807, 2.05) is 50.2 Å². The summed E-state index contributed by atoms with van der Waals surface area (Å²) in [6.07, 6.45) is 0.754. The number of anilines is 1. The molecule has 2 aliphatic heterocycles. The Hall–Kier alpha value is -2.38. The standard InChI is InChI=1S/C23H28N2O4S/c1-16-10-17(2)12-19(11-16)25-22-15-30(27,28)14-21(22)24(13-23(25)26)9-8-18-4-6-20(29-3)7-5-18/h4-7,10-12,21-22H,8-9,13-15H2,1-3H3/t21-,22+/m0/s1. The number of ether oxygens (including phenoxy) is 1. The van der Waals surface area contributed by atoms with E-state index < -0.39 is 9.84 Å². The molecule has 2 saturated heterocycles. The predicted octanol–water partition coefficient (Wildman–Crippen LogP) is 2.37. The molecule has 6 nitrogen and oxygen atoms in total. The maximum absolute atomic E-state index is 13.1. The van der Waals surface area contributed by atoms with E-state index in [0.717, 1.165) is 34.5 Å². The summed E-state index contributed by atoms with van der Waals surface area (Å²) in [7, 11) is -1.55. The van der Waals surface area contributed by atoms with Gasteiger partial charge in [0, 0.05) is 18.3 Å². The van der Waals surface area contributed by atoms with Crippen molar-refractivity contribution in [3.05, 3.63) is 59.2 Å². The quantitative estimate of drug-likeness (QED) is 0.732. The maximum atomic E-state index is 13.1. The van der Waals surface area contributed by atoms with Gasteiger partial charge < -0.3 is 9.64 Å². The number of carbonyl (C=O) groups is 1. The number of aryl methyl sites for hydroxylation is 2. The molecule has 2 atom stereocenters. The predicted molar refractivity (Wildman–Crippen MR) is 118 cm³/mol. The van der Waals surface area contributed by atoms with Gasteiger partial charge >= 0.3 is 0 Å². The van der Waals surface area contributed by atoms with Gasteiger partial charge in [0.1, 0.15) is 5.75 Å². The number of fused-ring (bicyclic) bond motifs is 1. The number of hydrogen-bond donors (Lipinski definition) is 0. The lowest BCUT2D eigenvalue weighted by atomic mass is 10.0. The van der Waals surface area contributed by atoms with Gasteiger partial charge in [-0.2, -0.15) is 0 Å². The molecule has 160 valence electrons. The Bertz CT molecular complexity index is 1030. The van der Waals surface area contributed by atoms with Crippen LogP contribution in [0.3, 0.4) is 0 Å². The van der Waals surface area contributed by atoms with Gasteiger partial charge in [-0.3, -0.25) is 9.69 Å². The zero-order valence-corrected chi connectivity index (χ0v) is 18.5. The van der Waals surface area contributed by atoms with Crippen LogP contribution in [0.4, 0.5) is 5.69 Å². The molecule has 0 N–H and O–H groups in total. The Morgan fingerprint density at radius 3 is 2.27 bits per heavy atom. The largest absolute Gasteiger partial charge is 0.497 e. The fourth-order valence-corrected chi connectivity index (χ4v) is 6.67. The molecule has 0 radical (unpaired) electrons. The van der Waals surface area contributed by atoms with Crippen molar-refractivity contribution in [2.45, 2.75) is 32.4 Å². The molecular formula is C23H28N2O4S. The van der Waals surface area contributed by atoms with Crippen LogP contribution in [0, 0.1) is 13.8 Å². The Kier molecular flexibility index (Phi) is 5.59. The van der Waals surface area contributed by atoms with Gasteiger partial charge in [0.05, 0.1) is 31.2 Å². The first-order chi connectivity index (χ1) is 14.3. The van der Waals surface area contributed by atoms with E-state index in [-0.39, 0.29) is 36.0 Å². The highest BCUT2D eigenvalue weighted by molar-refractivity contribution is 7.91. The fourth-order valence-electron chi connectivity index (χ4n) is 4.69. The number of rotatable bonds is 5. The topological polar surface area (TPSA) is 66.9 Å². The third-order valence-electron chi connectivity index (χ3n) is 6.03. The molecule has 2 aliphatic rings. The van der Waals surface area contributed by atoms with Gasteiger partial charge in [0.15, 0.2) is 9.84 Å². The van der Waals surface area contributed by atoms with Crippen molar-refractivity contribution in [2.24, 2.45) is 0 Å². The number of sulfone groups is 1. The molecule has 30 heavy (non-hydrogen) atoms. The van der Waals surface area contributed by atoms with Crippen molar-refractivity contribution < 1.29 is 17.9 Å². The molecule has 0 aromatic heterocycles. The molecule has 0 saturated carbocycles. The number of methoxy groups -OCH3 is 1. The minimum absolute atomic E-state index is 0.0232. The molecule has 0 unspecified atom stereocenters. The van der Waals surface area contributed by atoms with Gasteiger partial charge in [0.2, 0.25) is 5.91 Å². The minimum Gasteiger partial charge on any atom is -0.497 e. The Morgan fingerprint density at radius 1 is 1.00 bits per heavy atom. The smallest absolute Gasteiger partial charge is 0.241 e. The van der Waals surface area contributed by atoms with Gasteiger partial charge in [-0.25, -0.2) is 8.42 Å². The third-order valence-corrected chi connectivity index (χ3v) is 7.73. The lowest BCUT2D eigenvalue weighted by Crippen LogP contribution is -2.62. The van der Waals surface area contributed by atoms with E-state index in [1.54, 1.807) is 12.0 Å². The van der Waals surface area contributed by atoms with Gasteiger partial charge in [-0.15, -0.1) is 0 Å².